The minimum atomic E-state index is -3.83. The lowest BCUT2D eigenvalue weighted by Gasteiger charge is -2.16. The Hall–Kier alpha value is -3.51. The van der Waals surface area contributed by atoms with Crippen molar-refractivity contribution < 1.29 is 32.4 Å². The number of nitrogens with zero attached hydrogens (tertiary/aromatic N) is 2. The number of esters is 1. The van der Waals surface area contributed by atoms with Gasteiger partial charge in [-0.1, -0.05) is 0 Å². The second-order valence-electron chi connectivity index (χ2n) is 6.90. The first-order valence-electron chi connectivity index (χ1n) is 9.62. The zero-order valence-electron chi connectivity index (χ0n) is 17.1. The van der Waals surface area contributed by atoms with E-state index in [1.807, 2.05) is 0 Å². The highest BCUT2D eigenvalue weighted by Crippen LogP contribution is 2.31. The van der Waals surface area contributed by atoms with Crippen molar-refractivity contribution in [3.63, 3.8) is 0 Å². The van der Waals surface area contributed by atoms with Gasteiger partial charge in [-0.25, -0.2) is 13.2 Å². The fraction of sp³-hybridized carbons (Fsp3) is 0.300. The lowest BCUT2D eigenvalue weighted by atomic mass is 10.2. The molecule has 0 unspecified atom stereocenters. The summed E-state index contributed by atoms with van der Waals surface area (Å²) in [4.78, 5) is 34.1. The normalized spacial score (nSPS) is 14.0. The Kier molecular flexibility index (Phi) is 7.05. The summed E-state index contributed by atoms with van der Waals surface area (Å²) >= 11 is 0. The van der Waals surface area contributed by atoms with Gasteiger partial charge in [-0.05, 0) is 49.2 Å². The van der Waals surface area contributed by atoms with Gasteiger partial charge >= 0.3 is 11.7 Å². The maximum absolute atomic E-state index is 12.6. The van der Waals surface area contributed by atoms with Gasteiger partial charge in [0.15, 0.2) is 12.4 Å². The minimum Gasteiger partial charge on any atom is -0.477 e. The summed E-state index contributed by atoms with van der Waals surface area (Å²) in [5.74, 6) is -1.35. The second-order valence-corrected chi connectivity index (χ2v) is 8.84. The Bertz CT molecular complexity index is 1130. The van der Waals surface area contributed by atoms with E-state index >= 15 is 0 Å². The van der Waals surface area contributed by atoms with E-state index in [4.69, 9.17) is 4.74 Å². The summed E-state index contributed by atoms with van der Waals surface area (Å²) in [6.45, 7) is 0.197. The number of rotatable bonds is 8. The molecular weight excluding hydrogens is 442 g/mol. The van der Waals surface area contributed by atoms with E-state index in [1.54, 1.807) is 0 Å². The van der Waals surface area contributed by atoms with Gasteiger partial charge in [0.2, 0.25) is 10.0 Å². The molecule has 2 aromatic rings. The number of amides is 1. The summed E-state index contributed by atoms with van der Waals surface area (Å²) in [7, 11) is -2.58. The van der Waals surface area contributed by atoms with E-state index in [9.17, 15) is 28.1 Å². The molecule has 12 heteroatoms. The summed E-state index contributed by atoms with van der Waals surface area (Å²) in [6.07, 6.45) is 1.48. The largest absolute Gasteiger partial charge is 0.477 e. The molecule has 0 aromatic heterocycles. The molecule has 0 bridgehead atoms. The van der Waals surface area contributed by atoms with Crippen molar-refractivity contribution in [2.45, 2.75) is 17.7 Å². The molecular formula is C20H21N3O8S. The zero-order valence-corrected chi connectivity index (χ0v) is 18.0. The van der Waals surface area contributed by atoms with Gasteiger partial charge in [0.05, 0.1) is 22.5 Å². The van der Waals surface area contributed by atoms with Crippen molar-refractivity contribution in [3.8, 4) is 5.75 Å². The van der Waals surface area contributed by atoms with E-state index in [-0.39, 0.29) is 10.6 Å². The van der Waals surface area contributed by atoms with Gasteiger partial charge in [-0.3, -0.25) is 14.9 Å². The van der Waals surface area contributed by atoms with E-state index in [2.05, 4.69) is 10.1 Å². The number of nitrogens with one attached hydrogen (secondary N) is 1. The van der Waals surface area contributed by atoms with Crippen LogP contribution < -0.4 is 10.1 Å². The third kappa shape index (κ3) is 5.21. The molecule has 11 nitrogen and oxygen atoms in total. The lowest BCUT2D eigenvalue weighted by Crippen LogP contribution is -2.28. The van der Waals surface area contributed by atoms with E-state index < -0.39 is 39.1 Å². The van der Waals surface area contributed by atoms with Crippen LogP contribution in [0.15, 0.2) is 47.4 Å². The first kappa shape index (κ1) is 23.2. The van der Waals surface area contributed by atoms with Gasteiger partial charge in [0, 0.05) is 24.8 Å². The molecule has 2 aromatic carbocycles. The van der Waals surface area contributed by atoms with Crippen LogP contribution in [0.25, 0.3) is 0 Å². The van der Waals surface area contributed by atoms with Crippen molar-refractivity contribution in [2.24, 2.45) is 0 Å². The standard InChI is InChI=1S/C20H21N3O8S/c1-30-20(25)14-4-6-15(7-5-14)21-19(24)13-31-18-9-8-16(12-17(18)23(26)27)32(28,29)22-10-2-3-11-22/h4-9,12H,2-3,10-11,13H2,1H3,(H,21,24). The first-order valence-corrected chi connectivity index (χ1v) is 11.1. The Labute approximate surface area is 184 Å². The van der Waals surface area contributed by atoms with Crippen LogP contribution in [-0.4, -0.2) is 56.3 Å². The Morgan fingerprint density at radius 1 is 1.12 bits per heavy atom. The predicted molar refractivity (Wildman–Crippen MR) is 113 cm³/mol. The number of benzene rings is 2. The summed E-state index contributed by atoms with van der Waals surface area (Å²) in [5, 5.41) is 14.0. The highest BCUT2D eigenvalue weighted by atomic mass is 32.2. The number of sulfonamides is 1. The quantitative estimate of drug-likeness (QED) is 0.356. The highest BCUT2D eigenvalue weighted by Gasteiger charge is 2.30. The molecule has 1 N–H and O–H groups in total. The smallest absolute Gasteiger partial charge is 0.337 e. The summed E-state index contributed by atoms with van der Waals surface area (Å²) in [5.41, 5.74) is 0.134. The van der Waals surface area contributed by atoms with Crippen molar-refractivity contribution >= 4 is 33.3 Å². The molecule has 1 aliphatic heterocycles. The van der Waals surface area contributed by atoms with Crippen LogP contribution in [0.3, 0.4) is 0 Å². The molecule has 0 aliphatic carbocycles. The number of ether oxygens (including phenoxy) is 2. The van der Waals surface area contributed by atoms with Crippen molar-refractivity contribution in [1.82, 2.24) is 4.31 Å². The molecule has 170 valence electrons. The number of hydrogen-bond acceptors (Lipinski definition) is 8. The fourth-order valence-electron chi connectivity index (χ4n) is 3.15. The number of carbonyl (C=O) groups excluding carboxylic acids is 2. The van der Waals surface area contributed by atoms with Crippen LogP contribution in [0, 0.1) is 10.1 Å². The number of nitro benzene ring substituents is 1. The monoisotopic (exact) mass is 463 g/mol. The minimum absolute atomic E-state index is 0.200. The summed E-state index contributed by atoms with van der Waals surface area (Å²) < 4.78 is 36.4. The van der Waals surface area contributed by atoms with Gasteiger partial charge in [0.25, 0.3) is 5.91 Å². The highest BCUT2D eigenvalue weighted by molar-refractivity contribution is 7.89. The second kappa shape index (κ2) is 9.75. The fourth-order valence-corrected chi connectivity index (χ4v) is 4.69. The molecule has 0 spiro atoms. The van der Waals surface area contributed by atoms with Crippen LogP contribution in [-0.2, 0) is 19.6 Å². The van der Waals surface area contributed by atoms with Crippen LogP contribution in [0.4, 0.5) is 11.4 Å². The summed E-state index contributed by atoms with van der Waals surface area (Å²) in [6, 6.07) is 9.24. The van der Waals surface area contributed by atoms with Gasteiger partial charge in [-0.15, -0.1) is 0 Å². The van der Waals surface area contributed by atoms with Crippen LogP contribution in [0.1, 0.15) is 23.2 Å². The van der Waals surface area contributed by atoms with Crippen molar-refractivity contribution in [3.05, 3.63) is 58.1 Å². The van der Waals surface area contributed by atoms with Crippen LogP contribution in [0.5, 0.6) is 5.75 Å². The van der Waals surface area contributed by atoms with Crippen molar-refractivity contribution in [2.75, 3.05) is 32.1 Å². The SMILES string of the molecule is COC(=O)c1ccc(NC(=O)COc2ccc(S(=O)(=O)N3CCCC3)cc2[N+](=O)[O-])cc1. The molecule has 1 heterocycles. The van der Waals surface area contributed by atoms with Gasteiger partial charge < -0.3 is 14.8 Å². The first-order chi connectivity index (χ1) is 15.2. The lowest BCUT2D eigenvalue weighted by molar-refractivity contribution is -0.386. The average Bonchev–Trinajstić information content (AvgIpc) is 3.33. The predicted octanol–water partition coefficient (Wildman–Crippen LogP) is 2.18. The molecule has 1 fully saturated rings. The molecule has 1 saturated heterocycles. The van der Waals surface area contributed by atoms with Gasteiger partial charge in [-0.2, -0.15) is 4.31 Å². The Morgan fingerprint density at radius 3 is 2.38 bits per heavy atom. The Balaban J connectivity index is 1.68. The maximum Gasteiger partial charge on any atom is 0.337 e. The molecule has 0 atom stereocenters. The number of methoxy groups -OCH3 is 1. The number of anilines is 1. The molecule has 1 amide bonds. The van der Waals surface area contributed by atoms with Crippen LogP contribution in [0.2, 0.25) is 0 Å². The van der Waals surface area contributed by atoms with E-state index in [0.29, 0.717) is 24.3 Å². The van der Waals surface area contributed by atoms with Crippen LogP contribution >= 0.6 is 0 Å². The maximum atomic E-state index is 12.6. The molecule has 0 saturated carbocycles. The molecule has 3 rings (SSSR count). The topological polar surface area (TPSA) is 145 Å². The van der Waals surface area contributed by atoms with Crippen molar-refractivity contribution in [1.29, 1.82) is 0 Å². The van der Waals surface area contributed by atoms with E-state index in [0.717, 1.165) is 18.9 Å². The molecule has 1 aliphatic rings. The Morgan fingerprint density at radius 2 is 1.78 bits per heavy atom. The van der Waals surface area contributed by atoms with Gasteiger partial charge in [0.1, 0.15) is 0 Å². The zero-order chi connectivity index (χ0) is 23.3. The molecule has 32 heavy (non-hydrogen) atoms. The van der Waals surface area contributed by atoms with E-state index in [1.165, 1.54) is 47.8 Å². The number of nitro groups is 1. The number of carbonyl (C=O) groups is 2. The number of hydrogen-bond donors (Lipinski definition) is 1. The average molecular weight is 463 g/mol. The third-order valence-electron chi connectivity index (χ3n) is 4.78. The molecule has 0 radical (unpaired) electrons. The third-order valence-corrected chi connectivity index (χ3v) is 6.67.